The maximum atomic E-state index is 12.8. The van der Waals surface area contributed by atoms with Crippen molar-refractivity contribution < 1.29 is 9.53 Å². The van der Waals surface area contributed by atoms with Crippen LogP contribution < -0.4 is 5.32 Å². The topological polar surface area (TPSA) is 83.5 Å². The summed E-state index contributed by atoms with van der Waals surface area (Å²) in [4.78, 5) is 27.2. The number of hydrogen-bond acceptors (Lipinski definition) is 5. The number of hydrogen-bond donors (Lipinski definition) is 2. The number of anilines is 1. The number of aromatic amines is 1. The van der Waals surface area contributed by atoms with Crippen LogP contribution in [0.25, 0.3) is 10.9 Å². The molecule has 128 valence electrons. The Labute approximate surface area is 145 Å². The van der Waals surface area contributed by atoms with Gasteiger partial charge in [0.05, 0.1) is 6.61 Å². The highest BCUT2D eigenvalue weighted by atomic mass is 16.5. The van der Waals surface area contributed by atoms with Crippen molar-refractivity contribution in [2.24, 2.45) is 5.18 Å². The monoisotopic (exact) mass is 337 g/mol. The summed E-state index contributed by atoms with van der Waals surface area (Å²) < 4.78 is 5.31. The second-order valence-corrected chi connectivity index (χ2v) is 5.55. The van der Waals surface area contributed by atoms with E-state index in [1.54, 1.807) is 14.0 Å². The molecule has 1 atom stereocenters. The molecular formula is C19H19N3O3. The standard InChI is InChI=1S/C19H19N3O3/c1-3-25-19(23)17(12-8-4-6-10-14(12)20-2)16-13-9-5-7-11-15(13)21-18(16)22-24/h4-11,17,20-21H,3H2,1-2H3. The summed E-state index contributed by atoms with van der Waals surface area (Å²) in [6.45, 7) is 2.01. The van der Waals surface area contributed by atoms with Crippen LogP contribution >= 0.6 is 0 Å². The summed E-state index contributed by atoms with van der Waals surface area (Å²) in [5, 5.41) is 6.99. The molecule has 0 aliphatic rings. The van der Waals surface area contributed by atoms with Crippen molar-refractivity contribution in [3.05, 3.63) is 64.6 Å². The van der Waals surface area contributed by atoms with Gasteiger partial charge >= 0.3 is 5.97 Å². The number of para-hydroxylation sites is 2. The lowest BCUT2D eigenvalue weighted by Crippen LogP contribution is -2.18. The lowest BCUT2D eigenvalue weighted by Gasteiger charge is -2.19. The Balaban J connectivity index is 2.29. The lowest BCUT2D eigenvalue weighted by atomic mass is 9.89. The molecule has 1 aromatic heterocycles. The van der Waals surface area contributed by atoms with Gasteiger partial charge < -0.3 is 15.0 Å². The Kier molecular flexibility index (Phi) is 4.79. The summed E-state index contributed by atoms with van der Waals surface area (Å²) in [6, 6.07) is 14.9. The van der Waals surface area contributed by atoms with Crippen molar-refractivity contribution in [1.29, 1.82) is 0 Å². The number of ether oxygens (including phenoxy) is 1. The van der Waals surface area contributed by atoms with E-state index >= 15 is 0 Å². The molecular weight excluding hydrogens is 318 g/mol. The fraction of sp³-hybridized carbons (Fsp3) is 0.211. The lowest BCUT2D eigenvalue weighted by molar-refractivity contribution is -0.143. The predicted octanol–water partition coefficient (Wildman–Crippen LogP) is 4.30. The zero-order valence-corrected chi connectivity index (χ0v) is 14.1. The highest BCUT2D eigenvalue weighted by Gasteiger charge is 2.32. The summed E-state index contributed by atoms with van der Waals surface area (Å²) in [5.74, 6) is -1.03. The van der Waals surface area contributed by atoms with Gasteiger partial charge in [-0.15, -0.1) is 4.91 Å². The molecule has 1 unspecified atom stereocenters. The zero-order valence-electron chi connectivity index (χ0n) is 14.1. The molecule has 3 aromatic rings. The molecule has 0 aliphatic heterocycles. The maximum absolute atomic E-state index is 12.8. The van der Waals surface area contributed by atoms with E-state index in [9.17, 15) is 9.70 Å². The van der Waals surface area contributed by atoms with E-state index in [-0.39, 0.29) is 12.4 Å². The number of benzene rings is 2. The number of carbonyl (C=O) groups is 1. The number of nitrogens with one attached hydrogen (secondary N) is 2. The first-order chi connectivity index (χ1) is 12.2. The van der Waals surface area contributed by atoms with Crippen LogP contribution in [-0.2, 0) is 9.53 Å². The number of fused-ring (bicyclic) bond motifs is 1. The molecule has 25 heavy (non-hydrogen) atoms. The minimum Gasteiger partial charge on any atom is -0.465 e. The van der Waals surface area contributed by atoms with Gasteiger partial charge in [0.15, 0.2) is 5.82 Å². The van der Waals surface area contributed by atoms with Crippen LogP contribution in [0.5, 0.6) is 0 Å². The van der Waals surface area contributed by atoms with Crippen LogP contribution in [0.15, 0.2) is 53.7 Å². The van der Waals surface area contributed by atoms with Crippen molar-refractivity contribution >= 4 is 28.4 Å². The van der Waals surface area contributed by atoms with Crippen LogP contribution in [0.2, 0.25) is 0 Å². The van der Waals surface area contributed by atoms with E-state index in [0.29, 0.717) is 5.56 Å². The summed E-state index contributed by atoms with van der Waals surface area (Å²) in [5.41, 5.74) is 2.82. The molecule has 0 aliphatic carbocycles. The predicted molar refractivity (Wildman–Crippen MR) is 98.2 cm³/mol. The van der Waals surface area contributed by atoms with Crippen LogP contribution in [0, 0.1) is 4.91 Å². The van der Waals surface area contributed by atoms with Gasteiger partial charge in [0.1, 0.15) is 5.92 Å². The molecule has 0 radical (unpaired) electrons. The van der Waals surface area contributed by atoms with Crippen molar-refractivity contribution in [2.75, 3.05) is 19.0 Å². The third-order valence-electron chi connectivity index (χ3n) is 4.17. The average molecular weight is 337 g/mol. The second-order valence-electron chi connectivity index (χ2n) is 5.55. The van der Waals surface area contributed by atoms with Gasteiger partial charge in [0.2, 0.25) is 0 Å². The largest absolute Gasteiger partial charge is 0.465 e. The van der Waals surface area contributed by atoms with Crippen molar-refractivity contribution in [3.63, 3.8) is 0 Å². The first kappa shape index (κ1) is 16.7. The van der Waals surface area contributed by atoms with E-state index in [4.69, 9.17) is 4.74 Å². The number of esters is 1. The van der Waals surface area contributed by atoms with Crippen molar-refractivity contribution in [2.45, 2.75) is 12.8 Å². The van der Waals surface area contributed by atoms with Gasteiger partial charge in [-0.2, -0.15) is 0 Å². The number of H-pyrrole nitrogens is 1. The highest BCUT2D eigenvalue weighted by molar-refractivity contribution is 5.96. The van der Waals surface area contributed by atoms with E-state index in [0.717, 1.165) is 22.2 Å². The first-order valence-electron chi connectivity index (χ1n) is 8.08. The fourth-order valence-corrected chi connectivity index (χ4v) is 3.12. The number of nitroso groups, excluding NO2 is 1. The molecule has 6 nitrogen and oxygen atoms in total. The Morgan fingerprint density at radius 3 is 2.64 bits per heavy atom. The first-order valence-corrected chi connectivity index (χ1v) is 8.08. The van der Waals surface area contributed by atoms with Crippen molar-refractivity contribution in [3.8, 4) is 0 Å². The number of carbonyl (C=O) groups excluding carboxylic acids is 1. The molecule has 0 saturated heterocycles. The summed E-state index contributed by atoms with van der Waals surface area (Å²) >= 11 is 0. The minimum atomic E-state index is -0.757. The summed E-state index contributed by atoms with van der Waals surface area (Å²) in [7, 11) is 1.79. The quantitative estimate of drug-likeness (QED) is 0.519. The normalized spacial score (nSPS) is 11.9. The van der Waals surface area contributed by atoms with Crippen LogP contribution in [0.4, 0.5) is 11.5 Å². The zero-order chi connectivity index (χ0) is 17.8. The highest BCUT2D eigenvalue weighted by Crippen LogP contribution is 2.40. The average Bonchev–Trinajstić information content (AvgIpc) is 3.01. The Bertz CT molecular complexity index is 917. The Morgan fingerprint density at radius 1 is 1.20 bits per heavy atom. The molecule has 0 bridgehead atoms. The number of aromatic nitrogens is 1. The SMILES string of the molecule is CCOC(=O)C(c1ccccc1NC)c1c(N=O)[nH]c2ccccc12. The molecule has 2 aromatic carbocycles. The van der Waals surface area contributed by atoms with E-state index < -0.39 is 11.9 Å². The number of nitrogens with zero attached hydrogens (tertiary/aromatic N) is 1. The third-order valence-corrected chi connectivity index (χ3v) is 4.17. The van der Waals surface area contributed by atoms with Crippen molar-refractivity contribution in [1.82, 2.24) is 4.98 Å². The van der Waals surface area contributed by atoms with Crippen LogP contribution in [0.1, 0.15) is 24.0 Å². The molecule has 0 fully saturated rings. The van der Waals surface area contributed by atoms with Gasteiger partial charge in [-0.3, -0.25) is 4.79 Å². The van der Waals surface area contributed by atoms with Gasteiger partial charge in [0.25, 0.3) is 0 Å². The maximum Gasteiger partial charge on any atom is 0.318 e. The number of rotatable bonds is 6. The molecule has 3 rings (SSSR count). The second kappa shape index (κ2) is 7.17. The van der Waals surface area contributed by atoms with Gasteiger partial charge in [0, 0.05) is 29.2 Å². The van der Waals surface area contributed by atoms with Gasteiger partial charge in [-0.25, -0.2) is 0 Å². The van der Waals surface area contributed by atoms with E-state index in [1.807, 2.05) is 48.5 Å². The van der Waals surface area contributed by atoms with Gasteiger partial charge in [-0.05, 0) is 29.8 Å². The molecule has 0 amide bonds. The van der Waals surface area contributed by atoms with E-state index in [2.05, 4.69) is 15.5 Å². The minimum absolute atomic E-state index is 0.144. The third kappa shape index (κ3) is 2.98. The van der Waals surface area contributed by atoms with Crippen LogP contribution in [0.3, 0.4) is 0 Å². The molecule has 6 heteroatoms. The molecule has 2 N–H and O–H groups in total. The van der Waals surface area contributed by atoms with Crippen LogP contribution in [-0.4, -0.2) is 24.6 Å². The van der Waals surface area contributed by atoms with Gasteiger partial charge in [-0.1, -0.05) is 36.4 Å². The molecule has 0 saturated carbocycles. The Hall–Kier alpha value is -3.15. The summed E-state index contributed by atoms with van der Waals surface area (Å²) in [6.07, 6.45) is 0. The fourth-order valence-electron chi connectivity index (χ4n) is 3.12. The van der Waals surface area contributed by atoms with E-state index in [1.165, 1.54) is 0 Å². The Morgan fingerprint density at radius 2 is 1.92 bits per heavy atom. The molecule has 0 spiro atoms. The molecule has 1 heterocycles. The smallest absolute Gasteiger partial charge is 0.318 e.